The summed E-state index contributed by atoms with van der Waals surface area (Å²) < 4.78 is 18.2. The van der Waals surface area contributed by atoms with E-state index in [1.807, 2.05) is 0 Å². The molecule has 0 aliphatic rings. The summed E-state index contributed by atoms with van der Waals surface area (Å²) in [5, 5.41) is 5.52. The van der Waals surface area contributed by atoms with Crippen molar-refractivity contribution < 1.29 is 19.0 Å². The van der Waals surface area contributed by atoms with Crippen LogP contribution in [0.25, 0.3) is 5.82 Å². The van der Waals surface area contributed by atoms with Crippen LogP contribution in [0.15, 0.2) is 67.3 Å². The monoisotopic (exact) mass is 446 g/mol. The number of carbonyl (C=O) groups is 1. The van der Waals surface area contributed by atoms with Crippen LogP contribution in [0, 0.1) is 6.92 Å². The fourth-order valence-corrected chi connectivity index (χ4v) is 3.10. The van der Waals surface area contributed by atoms with Crippen LogP contribution in [0.5, 0.6) is 23.1 Å². The number of rotatable bonds is 7. The third kappa shape index (κ3) is 5.18. The lowest BCUT2D eigenvalue weighted by atomic mass is 10.2. The van der Waals surface area contributed by atoms with E-state index in [4.69, 9.17) is 14.2 Å². The molecule has 10 nitrogen and oxygen atoms in total. The van der Waals surface area contributed by atoms with Crippen LogP contribution >= 0.6 is 0 Å². The summed E-state index contributed by atoms with van der Waals surface area (Å²) in [6, 6.07) is 13.4. The molecule has 0 aliphatic heterocycles. The second-order valence-corrected chi connectivity index (χ2v) is 6.83. The van der Waals surface area contributed by atoms with Gasteiger partial charge in [0, 0.05) is 24.1 Å². The SMILES string of the molecule is COc1cccc(NC(=O)Nc2ccc(Oc3cc(-n4ccnc4)nc(C)n3)cc2)c1OC. The fraction of sp³-hybridized carbons (Fsp3) is 0.130. The van der Waals surface area contributed by atoms with Gasteiger partial charge in [-0.2, -0.15) is 4.98 Å². The third-order valence-corrected chi connectivity index (χ3v) is 4.56. The van der Waals surface area contributed by atoms with Gasteiger partial charge in [-0.25, -0.2) is 14.8 Å². The number of nitrogens with zero attached hydrogens (tertiary/aromatic N) is 4. The Morgan fingerprint density at radius 1 is 1.00 bits per heavy atom. The first kappa shape index (κ1) is 21.6. The number of imidazole rings is 1. The maximum absolute atomic E-state index is 12.4. The minimum atomic E-state index is -0.424. The molecule has 10 heteroatoms. The van der Waals surface area contributed by atoms with Crippen molar-refractivity contribution in [3.8, 4) is 28.9 Å². The Morgan fingerprint density at radius 3 is 2.52 bits per heavy atom. The van der Waals surface area contributed by atoms with Crippen molar-refractivity contribution in [2.75, 3.05) is 24.9 Å². The first-order valence-corrected chi connectivity index (χ1v) is 9.96. The Balaban J connectivity index is 1.42. The van der Waals surface area contributed by atoms with Gasteiger partial charge in [-0.15, -0.1) is 0 Å². The van der Waals surface area contributed by atoms with E-state index in [9.17, 15) is 4.79 Å². The van der Waals surface area contributed by atoms with Gasteiger partial charge in [0.2, 0.25) is 5.88 Å². The van der Waals surface area contributed by atoms with Crippen molar-refractivity contribution in [2.24, 2.45) is 0 Å². The van der Waals surface area contributed by atoms with Gasteiger partial charge in [0.15, 0.2) is 11.5 Å². The summed E-state index contributed by atoms with van der Waals surface area (Å²) in [5.74, 6) is 3.14. The van der Waals surface area contributed by atoms with Crippen LogP contribution in [0.2, 0.25) is 0 Å². The Hall–Kier alpha value is -4.60. The summed E-state index contributed by atoms with van der Waals surface area (Å²) in [6.45, 7) is 1.79. The number of methoxy groups -OCH3 is 2. The number of anilines is 2. The van der Waals surface area contributed by atoms with Crippen LogP contribution in [0.4, 0.5) is 16.2 Å². The highest BCUT2D eigenvalue weighted by molar-refractivity contribution is 6.01. The number of para-hydroxylation sites is 1. The molecule has 0 atom stereocenters. The molecule has 2 amide bonds. The number of carbonyl (C=O) groups excluding carboxylic acids is 1. The van der Waals surface area contributed by atoms with Crippen molar-refractivity contribution in [3.63, 3.8) is 0 Å². The number of hydrogen-bond donors (Lipinski definition) is 2. The maximum atomic E-state index is 12.4. The van der Waals surface area contributed by atoms with Gasteiger partial charge in [0.25, 0.3) is 0 Å². The zero-order valence-corrected chi connectivity index (χ0v) is 18.3. The molecule has 0 unspecified atom stereocenters. The van der Waals surface area contributed by atoms with Gasteiger partial charge in [0.1, 0.15) is 23.7 Å². The summed E-state index contributed by atoms with van der Waals surface area (Å²) in [7, 11) is 3.05. The van der Waals surface area contributed by atoms with Crippen molar-refractivity contribution in [3.05, 3.63) is 73.1 Å². The van der Waals surface area contributed by atoms with E-state index in [2.05, 4.69) is 25.6 Å². The summed E-state index contributed by atoms with van der Waals surface area (Å²) in [5.41, 5.74) is 1.07. The molecule has 0 aliphatic carbocycles. The van der Waals surface area contributed by atoms with Crippen LogP contribution in [0.3, 0.4) is 0 Å². The molecule has 4 rings (SSSR count). The van der Waals surface area contributed by atoms with Gasteiger partial charge < -0.3 is 24.8 Å². The predicted octanol–water partition coefficient (Wildman–Crippen LogP) is 4.42. The molecule has 0 bridgehead atoms. The summed E-state index contributed by atoms with van der Waals surface area (Å²) >= 11 is 0. The Kier molecular flexibility index (Phi) is 6.35. The number of nitrogens with one attached hydrogen (secondary N) is 2. The molecule has 0 saturated heterocycles. The third-order valence-electron chi connectivity index (χ3n) is 4.56. The second-order valence-electron chi connectivity index (χ2n) is 6.83. The zero-order chi connectivity index (χ0) is 23.2. The highest BCUT2D eigenvalue weighted by Crippen LogP contribution is 2.34. The molecule has 0 spiro atoms. The highest BCUT2D eigenvalue weighted by atomic mass is 16.5. The van der Waals surface area contributed by atoms with Gasteiger partial charge >= 0.3 is 6.03 Å². The van der Waals surface area contributed by atoms with Crippen LogP contribution in [-0.4, -0.2) is 39.8 Å². The average Bonchev–Trinajstić information content (AvgIpc) is 3.35. The van der Waals surface area contributed by atoms with Gasteiger partial charge in [-0.1, -0.05) is 6.07 Å². The number of ether oxygens (including phenoxy) is 3. The molecular formula is C23H22N6O4. The predicted molar refractivity (Wildman–Crippen MR) is 123 cm³/mol. The quantitative estimate of drug-likeness (QED) is 0.432. The fourth-order valence-electron chi connectivity index (χ4n) is 3.10. The van der Waals surface area contributed by atoms with E-state index in [-0.39, 0.29) is 0 Å². The molecule has 2 aromatic heterocycles. The number of aromatic nitrogens is 4. The minimum Gasteiger partial charge on any atom is -0.493 e. The van der Waals surface area contributed by atoms with Gasteiger partial charge in [0.05, 0.1) is 19.9 Å². The second kappa shape index (κ2) is 9.69. The normalized spacial score (nSPS) is 10.4. The molecular weight excluding hydrogens is 424 g/mol. The Bertz CT molecular complexity index is 1240. The number of hydrogen-bond acceptors (Lipinski definition) is 7. The minimum absolute atomic E-state index is 0.398. The largest absolute Gasteiger partial charge is 0.493 e. The summed E-state index contributed by atoms with van der Waals surface area (Å²) in [4.78, 5) is 25.2. The van der Waals surface area contributed by atoms with E-state index in [0.29, 0.717) is 46.1 Å². The molecule has 2 N–H and O–H groups in total. The van der Waals surface area contributed by atoms with Gasteiger partial charge in [-0.3, -0.25) is 4.57 Å². The zero-order valence-electron chi connectivity index (χ0n) is 18.3. The molecule has 4 aromatic rings. The molecule has 33 heavy (non-hydrogen) atoms. The van der Waals surface area contributed by atoms with Gasteiger partial charge in [-0.05, 0) is 43.3 Å². The van der Waals surface area contributed by atoms with Crippen LogP contribution in [-0.2, 0) is 0 Å². The lowest BCUT2D eigenvalue weighted by Gasteiger charge is -2.14. The summed E-state index contributed by atoms with van der Waals surface area (Å²) in [6.07, 6.45) is 5.11. The smallest absolute Gasteiger partial charge is 0.323 e. The molecule has 2 heterocycles. The number of benzene rings is 2. The van der Waals surface area contributed by atoms with Crippen LogP contribution < -0.4 is 24.8 Å². The molecule has 0 fully saturated rings. The standard InChI is InChI=1S/C23H22N6O4/c1-15-25-20(29-12-11-24-14-29)13-21(26-15)33-17-9-7-16(8-10-17)27-23(30)28-18-5-4-6-19(31-2)22(18)32-3/h4-14H,1-3H3,(H2,27,28,30). The van der Waals surface area contributed by atoms with Crippen LogP contribution in [0.1, 0.15) is 5.82 Å². The number of aryl methyl sites for hydroxylation is 1. The highest BCUT2D eigenvalue weighted by Gasteiger charge is 2.12. The molecule has 0 saturated carbocycles. The Morgan fingerprint density at radius 2 is 1.82 bits per heavy atom. The average molecular weight is 446 g/mol. The first-order valence-electron chi connectivity index (χ1n) is 9.96. The van der Waals surface area contributed by atoms with Crippen molar-refractivity contribution in [2.45, 2.75) is 6.92 Å². The first-order chi connectivity index (χ1) is 16.1. The van der Waals surface area contributed by atoms with E-state index in [1.54, 1.807) is 78.7 Å². The van der Waals surface area contributed by atoms with Crippen molar-refractivity contribution in [1.29, 1.82) is 0 Å². The van der Waals surface area contributed by atoms with E-state index in [1.165, 1.54) is 14.2 Å². The van der Waals surface area contributed by atoms with E-state index >= 15 is 0 Å². The topological polar surface area (TPSA) is 112 Å². The lowest BCUT2D eigenvalue weighted by Crippen LogP contribution is -2.19. The number of amides is 2. The van der Waals surface area contributed by atoms with E-state index in [0.717, 1.165) is 0 Å². The lowest BCUT2D eigenvalue weighted by molar-refractivity contribution is 0.262. The Labute approximate surface area is 190 Å². The van der Waals surface area contributed by atoms with E-state index < -0.39 is 6.03 Å². The van der Waals surface area contributed by atoms with Crippen molar-refractivity contribution >= 4 is 17.4 Å². The molecule has 168 valence electrons. The maximum Gasteiger partial charge on any atom is 0.323 e. The molecule has 0 radical (unpaired) electrons. The molecule has 2 aromatic carbocycles. The van der Waals surface area contributed by atoms with Crippen molar-refractivity contribution in [1.82, 2.24) is 19.5 Å². The number of urea groups is 1.